The normalized spacial score (nSPS) is 37.6. The van der Waals surface area contributed by atoms with Gasteiger partial charge in [0.25, 0.3) is 0 Å². The van der Waals surface area contributed by atoms with Crippen molar-refractivity contribution in [2.24, 2.45) is 5.92 Å². The first kappa shape index (κ1) is 11.3. The molecule has 2 rings (SSSR count). The highest BCUT2D eigenvalue weighted by Crippen LogP contribution is 2.37. The number of halogens is 1. The molecule has 0 aromatic carbocycles. The Kier molecular flexibility index (Phi) is 3.26. The van der Waals surface area contributed by atoms with Crippen molar-refractivity contribution < 1.29 is 5.11 Å². The molecular formula is C10H20ClNO. The zero-order valence-corrected chi connectivity index (χ0v) is 9.23. The summed E-state index contributed by atoms with van der Waals surface area (Å²) < 4.78 is 0. The van der Waals surface area contributed by atoms with Gasteiger partial charge in [-0.1, -0.05) is 0 Å². The maximum Gasteiger partial charge on any atom is 0.0595 e. The van der Waals surface area contributed by atoms with Crippen molar-refractivity contribution in [1.82, 2.24) is 5.32 Å². The van der Waals surface area contributed by atoms with Crippen LogP contribution >= 0.6 is 12.4 Å². The third-order valence-corrected chi connectivity index (χ3v) is 3.19. The van der Waals surface area contributed by atoms with E-state index in [0.29, 0.717) is 6.04 Å². The van der Waals surface area contributed by atoms with Gasteiger partial charge in [-0.05, 0) is 45.4 Å². The van der Waals surface area contributed by atoms with E-state index in [9.17, 15) is 5.11 Å². The topological polar surface area (TPSA) is 32.3 Å². The lowest BCUT2D eigenvalue weighted by Crippen LogP contribution is -2.30. The highest BCUT2D eigenvalue weighted by atomic mass is 35.5. The van der Waals surface area contributed by atoms with Crippen molar-refractivity contribution >= 4 is 12.4 Å². The van der Waals surface area contributed by atoms with E-state index in [-0.39, 0.29) is 12.4 Å². The Bertz CT molecular complexity index is 178. The van der Waals surface area contributed by atoms with Crippen molar-refractivity contribution in [1.29, 1.82) is 0 Å². The summed E-state index contributed by atoms with van der Waals surface area (Å²) >= 11 is 0. The zero-order chi connectivity index (χ0) is 8.77. The van der Waals surface area contributed by atoms with Crippen molar-refractivity contribution in [2.45, 2.75) is 57.2 Å². The van der Waals surface area contributed by atoms with E-state index in [1.54, 1.807) is 0 Å². The van der Waals surface area contributed by atoms with E-state index in [2.05, 4.69) is 5.32 Å². The molecule has 2 N–H and O–H groups in total. The number of hydrogen-bond acceptors (Lipinski definition) is 2. The van der Waals surface area contributed by atoms with E-state index in [4.69, 9.17) is 0 Å². The maximum absolute atomic E-state index is 9.68. The second-order valence-corrected chi connectivity index (χ2v) is 5.06. The Morgan fingerprint density at radius 2 is 2.08 bits per heavy atom. The lowest BCUT2D eigenvalue weighted by Gasteiger charge is -2.26. The van der Waals surface area contributed by atoms with Crippen LogP contribution in [0.25, 0.3) is 0 Å². The van der Waals surface area contributed by atoms with Crippen LogP contribution in [0.5, 0.6) is 0 Å². The van der Waals surface area contributed by atoms with Gasteiger partial charge >= 0.3 is 0 Å². The molecule has 0 aliphatic carbocycles. The molecule has 0 amide bonds. The number of nitrogens with one attached hydrogen (secondary N) is 1. The van der Waals surface area contributed by atoms with Crippen LogP contribution in [-0.4, -0.2) is 22.8 Å². The highest BCUT2D eigenvalue weighted by Gasteiger charge is 2.40. The quantitative estimate of drug-likeness (QED) is 0.720. The molecule has 0 aromatic rings. The number of hydrogen-bond donors (Lipinski definition) is 2. The fourth-order valence-electron chi connectivity index (χ4n) is 2.80. The van der Waals surface area contributed by atoms with Crippen LogP contribution in [0.4, 0.5) is 0 Å². The van der Waals surface area contributed by atoms with Gasteiger partial charge < -0.3 is 10.4 Å². The fraction of sp³-hybridized carbons (Fsp3) is 1.00. The van der Waals surface area contributed by atoms with Gasteiger partial charge in [-0.25, -0.2) is 0 Å². The van der Waals surface area contributed by atoms with E-state index in [1.165, 1.54) is 19.3 Å². The van der Waals surface area contributed by atoms with E-state index in [1.807, 2.05) is 13.8 Å². The van der Waals surface area contributed by atoms with Gasteiger partial charge in [-0.3, -0.25) is 0 Å². The minimum atomic E-state index is -0.475. The SMILES string of the molecule is CC(C)(O)CC1C[C@H]2CC[C@@H]1N2.Cl. The van der Waals surface area contributed by atoms with Crippen molar-refractivity contribution in [2.75, 3.05) is 0 Å². The molecule has 2 heterocycles. The first-order valence-corrected chi connectivity index (χ1v) is 5.03. The predicted molar refractivity (Wildman–Crippen MR) is 56.2 cm³/mol. The monoisotopic (exact) mass is 205 g/mol. The molecule has 0 spiro atoms. The van der Waals surface area contributed by atoms with E-state index < -0.39 is 5.60 Å². The third kappa shape index (κ3) is 2.58. The molecule has 0 radical (unpaired) electrons. The molecule has 2 aliphatic heterocycles. The third-order valence-electron chi connectivity index (χ3n) is 3.19. The summed E-state index contributed by atoms with van der Waals surface area (Å²) in [4.78, 5) is 0. The molecule has 0 aromatic heterocycles. The summed E-state index contributed by atoms with van der Waals surface area (Å²) in [5.41, 5.74) is -0.475. The Hall–Kier alpha value is 0.210. The van der Waals surface area contributed by atoms with E-state index >= 15 is 0 Å². The zero-order valence-electron chi connectivity index (χ0n) is 8.42. The Morgan fingerprint density at radius 1 is 1.38 bits per heavy atom. The standard InChI is InChI=1S/C10H19NO.ClH/c1-10(2,12)6-7-5-8-3-4-9(7)11-8;/h7-9,11-12H,3-6H2,1-2H3;1H/t7?,8-,9+;/m1./s1. The molecule has 0 saturated carbocycles. The van der Waals surface area contributed by atoms with Gasteiger partial charge in [0, 0.05) is 12.1 Å². The molecular weight excluding hydrogens is 186 g/mol. The molecule has 13 heavy (non-hydrogen) atoms. The summed E-state index contributed by atoms with van der Waals surface area (Å²) in [5, 5.41) is 13.3. The maximum atomic E-state index is 9.68. The molecule has 3 atom stereocenters. The lowest BCUT2D eigenvalue weighted by molar-refractivity contribution is 0.0482. The van der Waals surface area contributed by atoms with Crippen molar-refractivity contribution in [3.05, 3.63) is 0 Å². The minimum Gasteiger partial charge on any atom is -0.390 e. The van der Waals surface area contributed by atoms with Crippen LogP contribution in [-0.2, 0) is 0 Å². The average molecular weight is 206 g/mol. The summed E-state index contributed by atoms with van der Waals surface area (Å²) in [5.74, 6) is 0.726. The molecule has 2 nitrogen and oxygen atoms in total. The number of fused-ring (bicyclic) bond motifs is 2. The van der Waals surface area contributed by atoms with Gasteiger partial charge in [-0.15, -0.1) is 12.4 Å². The van der Waals surface area contributed by atoms with Crippen LogP contribution in [0.2, 0.25) is 0 Å². The Morgan fingerprint density at radius 3 is 2.46 bits per heavy atom. The lowest BCUT2D eigenvalue weighted by atomic mass is 9.82. The molecule has 2 bridgehead atoms. The summed E-state index contributed by atoms with van der Waals surface area (Å²) in [6, 6.07) is 1.48. The van der Waals surface area contributed by atoms with Crippen LogP contribution in [0, 0.1) is 5.92 Å². The first-order valence-electron chi connectivity index (χ1n) is 5.03. The minimum absolute atomic E-state index is 0. The van der Waals surface area contributed by atoms with Crippen molar-refractivity contribution in [3.63, 3.8) is 0 Å². The summed E-state index contributed by atoms with van der Waals surface area (Å²) in [6.07, 6.45) is 4.92. The second-order valence-electron chi connectivity index (χ2n) is 5.06. The second kappa shape index (κ2) is 3.76. The summed E-state index contributed by atoms with van der Waals surface area (Å²) in [7, 11) is 0. The fourth-order valence-corrected chi connectivity index (χ4v) is 2.80. The highest BCUT2D eigenvalue weighted by molar-refractivity contribution is 5.85. The van der Waals surface area contributed by atoms with E-state index in [0.717, 1.165) is 18.4 Å². The first-order chi connectivity index (χ1) is 5.54. The average Bonchev–Trinajstić information content (AvgIpc) is 2.42. The van der Waals surface area contributed by atoms with Gasteiger partial charge in [0.2, 0.25) is 0 Å². The smallest absolute Gasteiger partial charge is 0.0595 e. The number of aliphatic hydroxyl groups is 1. The van der Waals surface area contributed by atoms with Crippen LogP contribution in [0.1, 0.15) is 39.5 Å². The predicted octanol–water partition coefficient (Wildman–Crippen LogP) is 1.71. The van der Waals surface area contributed by atoms with Gasteiger partial charge in [0.05, 0.1) is 5.60 Å². The van der Waals surface area contributed by atoms with Gasteiger partial charge in [-0.2, -0.15) is 0 Å². The van der Waals surface area contributed by atoms with Gasteiger partial charge in [0.1, 0.15) is 0 Å². The van der Waals surface area contributed by atoms with Crippen molar-refractivity contribution in [3.8, 4) is 0 Å². The molecule has 3 heteroatoms. The van der Waals surface area contributed by atoms with Crippen LogP contribution < -0.4 is 5.32 Å². The molecule has 2 fully saturated rings. The summed E-state index contributed by atoms with van der Waals surface area (Å²) in [6.45, 7) is 3.83. The van der Waals surface area contributed by atoms with Crippen LogP contribution in [0.3, 0.4) is 0 Å². The Labute approximate surface area is 86.5 Å². The molecule has 78 valence electrons. The van der Waals surface area contributed by atoms with Crippen LogP contribution in [0.15, 0.2) is 0 Å². The molecule has 2 aliphatic rings. The number of rotatable bonds is 2. The Balaban J connectivity index is 0.000000845. The largest absolute Gasteiger partial charge is 0.390 e. The molecule has 2 saturated heterocycles. The molecule has 1 unspecified atom stereocenters. The van der Waals surface area contributed by atoms with Gasteiger partial charge in [0.15, 0.2) is 0 Å².